The lowest BCUT2D eigenvalue weighted by Crippen LogP contribution is -2.48. The molecule has 0 N–H and O–H groups in total. The Kier molecular flexibility index (Phi) is 5.64. The van der Waals surface area contributed by atoms with Crippen molar-refractivity contribution in [2.24, 2.45) is 0 Å². The summed E-state index contributed by atoms with van der Waals surface area (Å²) in [7, 11) is 0. The highest BCUT2D eigenvalue weighted by atomic mass is 35.5. The lowest BCUT2D eigenvalue weighted by Gasteiger charge is -2.35. The van der Waals surface area contributed by atoms with Crippen molar-refractivity contribution < 1.29 is 9.59 Å². The molecule has 2 aromatic rings. The Labute approximate surface area is 170 Å². The molecule has 4 rings (SSSR count). The van der Waals surface area contributed by atoms with Gasteiger partial charge in [-0.25, -0.2) is 0 Å². The predicted octanol–water partition coefficient (Wildman–Crippen LogP) is 3.42. The molecule has 2 aliphatic rings. The quantitative estimate of drug-likeness (QED) is 0.794. The molecule has 0 atom stereocenters. The first-order chi connectivity index (χ1) is 13.6. The van der Waals surface area contributed by atoms with E-state index in [0.29, 0.717) is 31.6 Å². The Balaban J connectivity index is 1.41. The molecule has 2 saturated heterocycles. The molecule has 2 aliphatic heterocycles. The number of anilines is 1. The van der Waals surface area contributed by atoms with Crippen LogP contribution in [0, 0.1) is 0 Å². The summed E-state index contributed by atoms with van der Waals surface area (Å²) in [6.07, 6.45) is 1.41. The molecule has 6 heteroatoms. The van der Waals surface area contributed by atoms with E-state index >= 15 is 0 Å². The molecule has 0 bridgehead atoms. The van der Waals surface area contributed by atoms with Gasteiger partial charge in [0.05, 0.1) is 11.3 Å². The van der Waals surface area contributed by atoms with Crippen LogP contribution in [0.2, 0.25) is 5.02 Å². The fourth-order valence-electron chi connectivity index (χ4n) is 3.97. The molecule has 0 radical (unpaired) electrons. The number of nitrogens with zero attached hydrogens (tertiary/aromatic N) is 3. The molecule has 28 heavy (non-hydrogen) atoms. The molecule has 0 saturated carbocycles. The first-order valence-corrected chi connectivity index (χ1v) is 10.1. The van der Waals surface area contributed by atoms with Gasteiger partial charge in [-0.2, -0.15) is 0 Å². The number of halogens is 1. The zero-order valence-electron chi connectivity index (χ0n) is 15.8. The highest BCUT2D eigenvalue weighted by Gasteiger charge is 2.28. The van der Waals surface area contributed by atoms with Gasteiger partial charge >= 0.3 is 0 Å². The normalized spacial score (nSPS) is 18.0. The maximum Gasteiger partial charge on any atom is 0.256 e. The number of carbonyl (C=O) groups is 2. The average Bonchev–Trinajstić information content (AvgIpc) is 3.14. The van der Waals surface area contributed by atoms with Crippen LogP contribution >= 0.6 is 11.6 Å². The summed E-state index contributed by atoms with van der Waals surface area (Å²) in [5.41, 5.74) is 2.56. The molecule has 0 aliphatic carbocycles. The summed E-state index contributed by atoms with van der Waals surface area (Å²) in [5, 5.41) is 0.749. The smallest absolute Gasteiger partial charge is 0.256 e. The SMILES string of the molecule is O=C(c1ccccc1N1CCCC1=O)N1CCN(Cc2cccc(Cl)c2)CC1. The second-order valence-corrected chi connectivity index (χ2v) is 7.80. The Morgan fingerprint density at radius 2 is 1.75 bits per heavy atom. The van der Waals surface area contributed by atoms with Crippen LogP contribution in [0.5, 0.6) is 0 Å². The Morgan fingerprint density at radius 3 is 2.46 bits per heavy atom. The molecule has 0 unspecified atom stereocenters. The third-order valence-electron chi connectivity index (χ3n) is 5.45. The zero-order chi connectivity index (χ0) is 19.5. The molecular formula is C22H24ClN3O2. The fourth-order valence-corrected chi connectivity index (χ4v) is 4.18. The Morgan fingerprint density at radius 1 is 0.964 bits per heavy atom. The van der Waals surface area contributed by atoms with E-state index in [0.717, 1.165) is 36.8 Å². The molecule has 5 nitrogen and oxygen atoms in total. The number of hydrogen-bond donors (Lipinski definition) is 0. The number of para-hydroxylation sites is 1. The van der Waals surface area contributed by atoms with Gasteiger partial charge in [-0.15, -0.1) is 0 Å². The standard InChI is InChI=1S/C22H24ClN3O2/c23-18-6-3-5-17(15-18)16-24-11-13-25(14-12-24)22(28)19-7-1-2-8-20(19)26-10-4-9-21(26)27/h1-3,5-8,15H,4,9-14,16H2. The molecule has 0 spiro atoms. The Bertz CT molecular complexity index is 878. The van der Waals surface area contributed by atoms with Gasteiger partial charge in [0, 0.05) is 50.7 Å². The lowest BCUT2D eigenvalue weighted by molar-refractivity contribution is -0.117. The molecule has 2 aromatic carbocycles. The van der Waals surface area contributed by atoms with Gasteiger partial charge in [-0.05, 0) is 36.2 Å². The average molecular weight is 398 g/mol. The van der Waals surface area contributed by atoms with Crippen molar-refractivity contribution in [2.45, 2.75) is 19.4 Å². The van der Waals surface area contributed by atoms with Gasteiger partial charge in [-0.3, -0.25) is 14.5 Å². The molecule has 2 heterocycles. The van der Waals surface area contributed by atoms with Gasteiger partial charge < -0.3 is 9.80 Å². The molecule has 2 fully saturated rings. The molecular weight excluding hydrogens is 374 g/mol. The predicted molar refractivity (Wildman–Crippen MR) is 111 cm³/mol. The monoisotopic (exact) mass is 397 g/mol. The minimum Gasteiger partial charge on any atom is -0.336 e. The second-order valence-electron chi connectivity index (χ2n) is 7.36. The van der Waals surface area contributed by atoms with Gasteiger partial charge in [0.2, 0.25) is 5.91 Å². The van der Waals surface area contributed by atoms with Gasteiger partial charge in [0.1, 0.15) is 0 Å². The minimum absolute atomic E-state index is 0.0118. The van der Waals surface area contributed by atoms with Gasteiger partial charge in [0.15, 0.2) is 0 Å². The molecule has 2 amide bonds. The largest absolute Gasteiger partial charge is 0.336 e. The summed E-state index contributed by atoms with van der Waals surface area (Å²) >= 11 is 6.07. The van der Waals surface area contributed by atoms with E-state index in [1.54, 1.807) is 4.90 Å². The van der Waals surface area contributed by atoms with E-state index < -0.39 is 0 Å². The molecule has 0 aromatic heterocycles. The van der Waals surface area contributed by atoms with Crippen LogP contribution in [0.15, 0.2) is 48.5 Å². The highest BCUT2D eigenvalue weighted by Crippen LogP contribution is 2.27. The van der Waals surface area contributed by atoms with Crippen molar-refractivity contribution in [3.8, 4) is 0 Å². The lowest BCUT2D eigenvalue weighted by atomic mass is 10.1. The van der Waals surface area contributed by atoms with Crippen LogP contribution in [0.3, 0.4) is 0 Å². The van der Waals surface area contributed by atoms with E-state index in [-0.39, 0.29) is 11.8 Å². The van der Waals surface area contributed by atoms with Crippen LogP contribution in [-0.2, 0) is 11.3 Å². The Hall–Kier alpha value is -2.37. The van der Waals surface area contributed by atoms with Crippen LogP contribution in [0.25, 0.3) is 0 Å². The van der Waals surface area contributed by atoms with Crippen molar-refractivity contribution in [1.82, 2.24) is 9.80 Å². The third-order valence-corrected chi connectivity index (χ3v) is 5.69. The van der Waals surface area contributed by atoms with Crippen LogP contribution < -0.4 is 4.90 Å². The van der Waals surface area contributed by atoms with E-state index in [1.807, 2.05) is 47.4 Å². The van der Waals surface area contributed by atoms with Crippen LogP contribution in [0.1, 0.15) is 28.8 Å². The van der Waals surface area contributed by atoms with Crippen molar-refractivity contribution in [2.75, 3.05) is 37.6 Å². The topological polar surface area (TPSA) is 43.9 Å². The summed E-state index contributed by atoms with van der Waals surface area (Å²) in [6, 6.07) is 15.4. The number of carbonyl (C=O) groups excluding carboxylic acids is 2. The third kappa shape index (κ3) is 4.05. The maximum atomic E-state index is 13.1. The number of amides is 2. The van der Waals surface area contributed by atoms with Crippen LogP contribution in [-0.4, -0.2) is 54.3 Å². The molecule has 146 valence electrons. The van der Waals surface area contributed by atoms with E-state index in [1.165, 1.54) is 5.56 Å². The number of piperazine rings is 1. The van der Waals surface area contributed by atoms with Gasteiger partial charge in [0.25, 0.3) is 5.91 Å². The number of rotatable bonds is 4. The van der Waals surface area contributed by atoms with Crippen molar-refractivity contribution in [3.05, 3.63) is 64.7 Å². The summed E-state index contributed by atoms with van der Waals surface area (Å²) < 4.78 is 0. The van der Waals surface area contributed by atoms with E-state index in [9.17, 15) is 9.59 Å². The maximum absolute atomic E-state index is 13.1. The zero-order valence-corrected chi connectivity index (χ0v) is 16.6. The number of hydrogen-bond acceptors (Lipinski definition) is 3. The van der Waals surface area contributed by atoms with Crippen molar-refractivity contribution >= 4 is 29.1 Å². The fraction of sp³-hybridized carbons (Fsp3) is 0.364. The first-order valence-electron chi connectivity index (χ1n) is 9.77. The minimum atomic E-state index is 0.0118. The van der Waals surface area contributed by atoms with Crippen molar-refractivity contribution in [1.29, 1.82) is 0 Å². The summed E-state index contributed by atoms with van der Waals surface area (Å²) in [5.74, 6) is 0.115. The van der Waals surface area contributed by atoms with Crippen molar-refractivity contribution in [3.63, 3.8) is 0 Å². The van der Waals surface area contributed by atoms with Gasteiger partial charge in [-0.1, -0.05) is 35.9 Å². The second kappa shape index (κ2) is 8.33. The van der Waals surface area contributed by atoms with E-state index in [4.69, 9.17) is 11.6 Å². The number of benzene rings is 2. The summed E-state index contributed by atoms with van der Waals surface area (Å²) in [6.45, 7) is 4.54. The summed E-state index contributed by atoms with van der Waals surface area (Å²) in [4.78, 5) is 31.3. The highest BCUT2D eigenvalue weighted by molar-refractivity contribution is 6.30. The van der Waals surface area contributed by atoms with Crippen LogP contribution in [0.4, 0.5) is 5.69 Å². The van der Waals surface area contributed by atoms with E-state index in [2.05, 4.69) is 11.0 Å². The first kappa shape index (κ1) is 19.0.